The second kappa shape index (κ2) is 9.15. The predicted octanol–water partition coefficient (Wildman–Crippen LogP) is 4.59. The van der Waals surface area contributed by atoms with E-state index in [0.717, 1.165) is 35.9 Å². The van der Waals surface area contributed by atoms with Crippen LogP contribution in [0.2, 0.25) is 0 Å². The van der Waals surface area contributed by atoms with Gasteiger partial charge >= 0.3 is 0 Å². The Morgan fingerprint density at radius 1 is 1.11 bits per heavy atom. The lowest BCUT2D eigenvalue weighted by atomic mass is 9.80. The summed E-state index contributed by atoms with van der Waals surface area (Å²) in [6.45, 7) is 2.56. The summed E-state index contributed by atoms with van der Waals surface area (Å²) in [5.41, 5.74) is 5.52. The van der Waals surface area contributed by atoms with Crippen LogP contribution in [-0.2, 0) is 16.4 Å². The Balaban J connectivity index is 1.30. The van der Waals surface area contributed by atoms with E-state index in [1.54, 1.807) is 12.1 Å². The number of sulfonamides is 1. The quantitative estimate of drug-likeness (QED) is 0.458. The fourth-order valence-electron chi connectivity index (χ4n) is 6.08. The predicted molar refractivity (Wildman–Crippen MR) is 135 cm³/mol. The second-order valence-electron chi connectivity index (χ2n) is 10.4. The minimum absolute atomic E-state index is 0.00441. The SMILES string of the molecule is C[C@@H]1C2=C(CC[C@@H]2CN(CC2CC2O)S(=O)(=O)c2ccccc2F)Cc2c1cnn2-c1ccc(F)cc1. The molecular formula is C28H29F2N3O3S. The minimum Gasteiger partial charge on any atom is -0.393 e. The molecule has 1 aromatic heterocycles. The standard InChI is InChI=1S/C28H29F2N3O3S/c1-17-23-14-31-33(22-10-8-21(29)9-11-22)25(23)12-18-6-7-19(28(17)18)15-32(16-20-13-26(20)34)37(35,36)27-5-3-2-4-24(27)30/h2-5,8-11,14,17,19-20,26,34H,6-7,12-13,15-16H2,1H3/t17-,19+,20?,26?/m0/s1. The average Bonchev–Trinajstić information content (AvgIpc) is 3.23. The molecule has 9 heteroatoms. The van der Waals surface area contributed by atoms with Gasteiger partial charge in [-0.3, -0.25) is 0 Å². The highest BCUT2D eigenvalue weighted by Crippen LogP contribution is 2.48. The molecule has 3 aliphatic carbocycles. The molecule has 1 heterocycles. The highest BCUT2D eigenvalue weighted by Gasteiger charge is 2.43. The zero-order valence-electron chi connectivity index (χ0n) is 20.5. The van der Waals surface area contributed by atoms with Gasteiger partial charge in [-0.05, 0) is 61.6 Å². The molecule has 6 rings (SSSR count). The van der Waals surface area contributed by atoms with Gasteiger partial charge < -0.3 is 5.11 Å². The fraction of sp³-hybridized carbons (Fsp3) is 0.393. The third kappa shape index (κ3) is 4.32. The molecule has 0 aliphatic heterocycles. The number of nitrogens with zero attached hydrogens (tertiary/aromatic N) is 3. The highest BCUT2D eigenvalue weighted by molar-refractivity contribution is 7.89. The van der Waals surface area contributed by atoms with Gasteiger partial charge in [-0.1, -0.05) is 30.2 Å². The van der Waals surface area contributed by atoms with E-state index in [1.165, 1.54) is 45.8 Å². The van der Waals surface area contributed by atoms with Crippen LogP contribution in [0.15, 0.2) is 70.8 Å². The molecule has 0 amide bonds. The largest absolute Gasteiger partial charge is 0.393 e. The van der Waals surface area contributed by atoms with E-state index in [0.29, 0.717) is 12.8 Å². The fourth-order valence-corrected chi connectivity index (χ4v) is 7.68. The lowest BCUT2D eigenvalue weighted by Crippen LogP contribution is -2.38. The summed E-state index contributed by atoms with van der Waals surface area (Å²) in [6.07, 6.45) is 4.30. The molecule has 0 radical (unpaired) electrons. The third-order valence-electron chi connectivity index (χ3n) is 8.13. The van der Waals surface area contributed by atoms with Crippen molar-refractivity contribution < 1.29 is 22.3 Å². The Bertz CT molecular complexity index is 1480. The summed E-state index contributed by atoms with van der Waals surface area (Å²) < 4.78 is 58.4. The van der Waals surface area contributed by atoms with E-state index in [4.69, 9.17) is 0 Å². The molecule has 2 unspecified atom stereocenters. The second-order valence-corrected chi connectivity index (χ2v) is 12.3. The number of fused-ring (bicyclic) bond motifs is 1. The normalized spacial score (nSPS) is 24.9. The maximum absolute atomic E-state index is 14.6. The van der Waals surface area contributed by atoms with Crippen molar-refractivity contribution in [2.24, 2.45) is 11.8 Å². The molecule has 1 N–H and O–H groups in total. The Hall–Kier alpha value is -2.88. The molecule has 2 aromatic carbocycles. The number of hydrogen-bond acceptors (Lipinski definition) is 4. The Morgan fingerprint density at radius 2 is 1.84 bits per heavy atom. The Kier molecular flexibility index (Phi) is 6.05. The van der Waals surface area contributed by atoms with E-state index < -0.39 is 21.9 Å². The van der Waals surface area contributed by atoms with Crippen molar-refractivity contribution in [1.82, 2.24) is 14.1 Å². The van der Waals surface area contributed by atoms with Crippen molar-refractivity contribution in [3.05, 3.63) is 88.8 Å². The van der Waals surface area contributed by atoms with Crippen LogP contribution in [0.25, 0.3) is 5.69 Å². The summed E-state index contributed by atoms with van der Waals surface area (Å²) in [4.78, 5) is -0.322. The number of aliphatic hydroxyl groups excluding tert-OH is 1. The van der Waals surface area contributed by atoms with Crippen LogP contribution in [0.5, 0.6) is 0 Å². The van der Waals surface area contributed by atoms with E-state index in [-0.39, 0.29) is 41.6 Å². The van der Waals surface area contributed by atoms with Gasteiger partial charge in [-0.2, -0.15) is 9.40 Å². The molecule has 37 heavy (non-hydrogen) atoms. The van der Waals surface area contributed by atoms with Crippen LogP contribution in [0, 0.1) is 23.5 Å². The summed E-state index contributed by atoms with van der Waals surface area (Å²) in [5.74, 6) is -1.12. The lowest BCUT2D eigenvalue weighted by Gasteiger charge is -2.31. The van der Waals surface area contributed by atoms with Crippen molar-refractivity contribution in [2.75, 3.05) is 13.1 Å². The number of rotatable bonds is 7. The number of benzene rings is 2. The molecule has 194 valence electrons. The maximum Gasteiger partial charge on any atom is 0.246 e. The van der Waals surface area contributed by atoms with E-state index in [9.17, 15) is 22.3 Å². The summed E-state index contributed by atoms with van der Waals surface area (Å²) in [5, 5.41) is 14.5. The van der Waals surface area contributed by atoms with Crippen molar-refractivity contribution in [2.45, 2.75) is 49.5 Å². The Morgan fingerprint density at radius 3 is 2.54 bits per heavy atom. The first-order valence-corrected chi connectivity index (χ1v) is 14.2. The summed E-state index contributed by atoms with van der Waals surface area (Å²) >= 11 is 0. The van der Waals surface area contributed by atoms with Crippen LogP contribution >= 0.6 is 0 Å². The van der Waals surface area contributed by atoms with Crippen molar-refractivity contribution >= 4 is 10.0 Å². The van der Waals surface area contributed by atoms with Crippen molar-refractivity contribution in [3.8, 4) is 5.69 Å². The molecule has 0 spiro atoms. The van der Waals surface area contributed by atoms with Crippen LogP contribution in [0.3, 0.4) is 0 Å². The lowest BCUT2D eigenvalue weighted by molar-refractivity contribution is 0.243. The monoisotopic (exact) mass is 525 g/mol. The molecule has 0 saturated heterocycles. The first-order valence-electron chi connectivity index (χ1n) is 12.7. The smallest absolute Gasteiger partial charge is 0.246 e. The minimum atomic E-state index is -4.07. The maximum atomic E-state index is 14.6. The molecule has 0 bridgehead atoms. The van der Waals surface area contributed by atoms with E-state index in [2.05, 4.69) is 12.0 Å². The molecule has 1 fully saturated rings. The highest BCUT2D eigenvalue weighted by atomic mass is 32.2. The Labute approximate surface area is 215 Å². The molecule has 3 aliphatic rings. The topological polar surface area (TPSA) is 75.4 Å². The van der Waals surface area contributed by atoms with Gasteiger partial charge in [0.1, 0.15) is 16.5 Å². The number of allylic oxidation sites excluding steroid dienone is 1. The van der Waals surface area contributed by atoms with Gasteiger partial charge in [-0.25, -0.2) is 21.9 Å². The third-order valence-corrected chi connectivity index (χ3v) is 10.00. The molecule has 1 saturated carbocycles. The van der Waals surface area contributed by atoms with Crippen molar-refractivity contribution in [1.29, 1.82) is 0 Å². The number of aliphatic hydroxyl groups is 1. The summed E-state index contributed by atoms with van der Waals surface area (Å²) in [6, 6.07) is 11.8. The van der Waals surface area contributed by atoms with E-state index in [1.807, 2.05) is 10.9 Å². The molecular weight excluding hydrogens is 496 g/mol. The van der Waals surface area contributed by atoms with Gasteiger partial charge in [0, 0.05) is 36.9 Å². The van der Waals surface area contributed by atoms with Gasteiger partial charge in [0.25, 0.3) is 0 Å². The zero-order valence-corrected chi connectivity index (χ0v) is 21.3. The van der Waals surface area contributed by atoms with E-state index >= 15 is 0 Å². The first kappa shape index (κ1) is 24.5. The van der Waals surface area contributed by atoms with Crippen LogP contribution < -0.4 is 0 Å². The van der Waals surface area contributed by atoms with Gasteiger partial charge in [0.05, 0.1) is 23.7 Å². The molecule has 4 atom stereocenters. The number of halogens is 2. The van der Waals surface area contributed by atoms with Crippen LogP contribution in [0.4, 0.5) is 8.78 Å². The van der Waals surface area contributed by atoms with Crippen LogP contribution in [0.1, 0.15) is 43.4 Å². The first-order chi connectivity index (χ1) is 17.7. The van der Waals surface area contributed by atoms with Gasteiger partial charge in [-0.15, -0.1) is 0 Å². The number of hydrogen-bond donors (Lipinski definition) is 1. The molecule has 6 nitrogen and oxygen atoms in total. The average molecular weight is 526 g/mol. The van der Waals surface area contributed by atoms with Crippen molar-refractivity contribution in [3.63, 3.8) is 0 Å². The summed E-state index contributed by atoms with van der Waals surface area (Å²) in [7, 11) is -4.07. The van der Waals surface area contributed by atoms with Crippen LogP contribution in [-0.4, -0.2) is 46.8 Å². The number of aromatic nitrogens is 2. The zero-order chi connectivity index (χ0) is 25.9. The molecule has 3 aromatic rings. The van der Waals surface area contributed by atoms with Gasteiger partial charge in [0.2, 0.25) is 10.0 Å². The van der Waals surface area contributed by atoms with Gasteiger partial charge in [0.15, 0.2) is 0 Å².